The van der Waals surface area contributed by atoms with Gasteiger partial charge in [0.05, 0.1) is 0 Å². The van der Waals surface area contributed by atoms with Crippen LogP contribution in [0, 0.1) is 19.7 Å². The molecule has 2 rings (SSSR count). The molecule has 0 heterocycles. The second-order valence-electron chi connectivity index (χ2n) is 4.53. The molecule has 0 atom stereocenters. The Bertz CT molecular complexity index is 597. The fraction of sp³-hybridized carbons (Fsp3) is 0.176. The van der Waals surface area contributed by atoms with Crippen LogP contribution in [0.25, 0.3) is 6.08 Å². The minimum atomic E-state index is -0.194. The molecule has 2 aromatic rings. The Morgan fingerprint density at radius 3 is 2.32 bits per heavy atom. The Hall–Kier alpha value is -1.54. The SMILES string of the molecule is C/C=C/c1cc(C)c(Sc2ccc(F)cc2)cc1C. The monoisotopic (exact) mass is 272 g/mol. The summed E-state index contributed by atoms with van der Waals surface area (Å²) in [6.07, 6.45) is 4.17. The molecule has 0 aliphatic rings. The first-order valence-electron chi connectivity index (χ1n) is 6.27. The van der Waals surface area contributed by atoms with Gasteiger partial charge in [-0.25, -0.2) is 4.39 Å². The summed E-state index contributed by atoms with van der Waals surface area (Å²) in [5.41, 5.74) is 3.75. The number of hydrogen-bond acceptors (Lipinski definition) is 1. The normalized spacial score (nSPS) is 11.2. The molecule has 0 aromatic heterocycles. The highest BCUT2D eigenvalue weighted by molar-refractivity contribution is 7.99. The van der Waals surface area contributed by atoms with E-state index in [-0.39, 0.29) is 5.82 Å². The van der Waals surface area contributed by atoms with Crippen LogP contribution in [0.4, 0.5) is 4.39 Å². The van der Waals surface area contributed by atoms with Gasteiger partial charge in [-0.1, -0.05) is 30.0 Å². The number of aryl methyl sites for hydroxylation is 2. The molecule has 0 spiro atoms. The van der Waals surface area contributed by atoms with Crippen molar-refractivity contribution in [3.05, 3.63) is 65.0 Å². The Kier molecular flexibility index (Phi) is 4.43. The van der Waals surface area contributed by atoms with E-state index >= 15 is 0 Å². The molecule has 0 aliphatic carbocycles. The van der Waals surface area contributed by atoms with Crippen LogP contribution in [0.2, 0.25) is 0 Å². The molecule has 0 bridgehead atoms. The van der Waals surface area contributed by atoms with Crippen molar-refractivity contribution in [1.29, 1.82) is 0 Å². The van der Waals surface area contributed by atoms with Gasteiger partial charge in [0.15, 0.2) is 0 Å². The smallest absolute Gasteiger partial charge is 0.123 e. The summed E-state index contributed by atoms with van der Waals surface area (Å²) in [5.74, 6) is -0.194. The Morgan fingerprint density at radius 2 is 1.68 bits per heavy atom. The van der Waals surface area contributed by atoms with Crippen molar-refractivity contribution in [2.45, 2.75) is 30.6 Å². The Labute approximate surface area is 118 Å². The topological polar surface area (TPSA) is 0 Å². The van der Waals surface area contributed by atoms with E-state index in [9.17, 15) is 4.39 Å². The number of hydrogen-bond donors (Lipinski definition) is 0. The molecule has 0 amide bonds. The number of halogens is 1. The maximum Gasteiger partial charge on any atom is 0.123 e. The molecule has 0 fully saturated rings. The van der Waals surface area contributed by atoms with Crippen LogP contribution in [0.5, 0.6) is 0 Å². The third-order valence-corrected chi connectivity index (χ3v) is 4.12. The predicted molar refractivity (Wildman–Crippen MR) is 81.1 cm³/mol. The molecular weight excluding hydrogens is 255 g/mol. The van der Waals surface area contributed by atoms with Crippen LogP contribution < -0.4 is 0 Å². The van der Waals surface area contributed by atoms with Crippen molar-refractivity contribution in [3.8, 4) is 0 Å². The standard InChI is InChI=1S/C17H17FS/c1-4-5-14-10-13(3)17(11-12(14)2)19-16-8-6-15(18)7-9-16/h4-11H,1-3H3/b5-4+. The van der Waals surface area contributed by atoms with Crippen LogP contribution in [0.15, 0.2) is 52.3 Å². The van der Waals surface area contributed by atoms with Gasteiger partial charge >= 0.3 is 0 Å². The van der Waals surface area contributed by atoms with E-state index in [4.69, 9.17) is 0 Å². The molecule has 0 N–H and O–H groups in total. The van der Waals surface area contributed by atoms with E-state index in [0.29, 0.717) is 0 Å². The molecule has 0 saturated heterocycles. The highest BCUT2D eigenvalue weighted by Gasteiger charge is 2.05. The van der Waals surface area contributed by atoms with Gasteiger partial charge < -0.3 is 0 Å². The lowest BCUT2D eigenvalue weighted by Gasteiger charge is -2.10. The van der Waals surface area contributed by atoms with Crippen molar-refractivity contribution >= 4 is 17.8 Å². The van der Waals surface area contributed by atoms with Gasteiger partial charge in [0.2, 0.25) is 0 Å². The molecule has 2 aromatic carbocycles. The van der Waals surface area contributed by atoms with Crippen LogP contribution >= 0.6 is 11.8 Å². The van der Waals surface area contributed by atoms with Gasteiger partial charge in [-0.3, -0.25) is 0 Å². The second-order valence-corrected chi connectivity index (χ2v) is 5.65. The van der Waals surface area contributed by atoms with Crippen LogP contribution in [0.1, 0.15) is 23.6 Å². The summed E-state index contributed by atoms with van der Waals surface area (Å²) < 4.78 is 12.9. The molecule has 98 valence electrons. The number of allylic oxidation sites excluding steroid dienone is 1. The average molecular weight is 272 g/mol. The van der Waals surface area contributed by atoms with Crippen molar-refractivity contribution in [2.75, 3.05) is 0 Å². The summed E-state index contributed by atoms with van der Waals surface area (Å²) in [7, 11) is 0. The molecule has 0 aliphatic heterocycles. The van der Waals surface area contributed by atoms with Crippen molar-refractivity contribution < 1.29 is 4.39 Å². The first kappa shape index (κ1) is 13.9. The highest BCUT2D eigenvalue weighted by Crippen LogP contribution is 2.32. The van der Waals surface area contributed by atoms with Crippen LogP contribution in [-0.4, -0.2) is 0 Å². The highest BCUT2D eigenvalue weighted by atomic mass is 32.2. The summed E-state index contributed by atoms with van der Waals surface area (Å²) in [6, 6.07) is 11.0. The van der Waals surface area contributed by atoms with Gasteiger partial charge in [0.25, 0.3) is 0 Å². The van der Waals surface area contributed by atoms with E-state index in [0.717, 1.165) is 4.90 Å². The zero-order valence-corrected chi connectivity index (χ0v) is 12.2. The summed E-state index contributed by atoms with van der Waals surface area (Å²) in [5, 5.41) is 0. The van der Waals surface area contributed by atoms with E-state index in [1.165, 1.54) is 33.7 Å². The zero-order valence-electron chi connectivity index (χ0n) is 11.4. The minimum Gasteiger partial charge on any atom is -0.207 e. The van der Waals surface area contributed by atoms with Gasteiger partial charge in [0, 0.05) is 9.79 Å². The lowest BCUT2D eigenvalue weighted by Crippen LogP contribution is -1.87. The lowest BCUT2D eigenvalue weighted by molar-refractivity contribution is 0.626. The molecule has 2 heteroatoms. The molecular formula is C17H17FS. The average Bonchev–Trinajstić information content (AvgIpc) is 2.38. The summed E-state index contributed by atoms with van der Waals surface area (Å²) >= 11 is 1.67. The maximum absolute atomic E-state index is 12.9. The summed E-state index contributed by atoms with van der Waals surface area (Å²) in [6.45, 7) is 6.25. The fourth-order valence-corrected chi connectivity index (χ4v) is 2.89. The molecule has 0 saturated carbocycles. The molecule has 0 unspecified atom stereocenters. The fourth-order valence-electron chi connectivity index (χ4n) is 1.91. The lowest BCUT2D eigenvalue weighted by atomic mass is 10.1. The van der Waals surface area contributed by atoms with Crippen LogP contribution in [-0.2, 0) is 0 Å². The van der Waals surface area contributed by atoms with E-state index < -0.39 is 0 Å². The van der Waals surface area contributed by atoms with E-state index in [1.54, 1.807) is 11.8 Å². The van der Waals surface area contributed by atoms with Gasteiger partial charge in [-0.15, -0.1) is 0 Å². The first-order chi connectivity index (χ1) is 9.10. The second kappa shape index (κ2) is 6.07. The van der Waals surface area contributed by atoms with Crippen molar-refractivity contribution in [3.63, 3.8) is 0 Å². The number of benzene rings is 2. The third kappa shape index (κ3) is 3.48. The van der Waals surface area contributed by atoms with Crippen molar-refractivity contribution in [1.82, 2.24) is 0 Å². The Morgan fingerprint density at radius 1 is 1.00 bits per heavy atom. The molecule has 0 nitrogen and oxygen atoms in total. The van der Waals surface area contributed by atoms with Gasteiger partial charge in [0.1, 0.15) is 5.82 Å². The van der Waals surface area contributed by atoms with Crippen molar-refractivity contribution in [2.24, 2.45) is 0 Å². The quantitative estimate of drug-likeness (QED) is 0.698. The Balaban J connectivity index is 2.30. The number of rotatable bonds is 3. The van der Waals surface area contributed by atoms with E-state index in [1.807, 2.05) is 19.1 Å². The molecule has 19 heavy (non-hydrogen) atoms. The van der Waals surface area contributed by atoms with Gasteiger partial charge in [-0.05, 0) is 67.8 Å². The predicted octanol–water partition coefficient (Wildman–Crippen LogP) is 5.63. The molecule has 0 radical (unpaired) electrons. The third-order valence-electron chi connectivity index (χ3n) is 2.95. The zero-order chi connectivity index (χ0) is 13.8. The minimum absolute atomic E-state index is 0.194. The summed E-state index contributed by atoms with van der Waals surface area (Å²) in [4.78, 5) is 2.28. The first-order valence-corrected chi connectivity index (χ1v) is 7.09. The maximum atomic E-state index is 12.9. The van der Waals surface area contributed by atoms with E-state index in [2.05, 4.69) is 38.1 Å². The van der Waals surface area contributed by atoms with Crippen LogP contribution in [0.3, 0.4) is 0 Å². The largest absolute Gasteiger partial charge is 0.207 e. The van der Waals surface area contributed by atoms with Gasteiger partial charge in [-0.2, -0.15) is 0 Å².